The fraction of sp³-hybridized carbons (Fsp3) is 0.588. The molecule has 21 heavy (non-hydrogen) atoms. The van der Waals surface area contributed by atoms with Gasteiger partial charge < -0.3 is 11.1 Å². The Morgan fingerprint density at radius 3 is 2.81 bits per heavy atom. The Balaban J connectivity index is 2.17. The summed E-state index contributed by atoms with van der Waals surface area (Å²) in [6, 6.07) is 7.53. The number of halogens is 1. The summed E-state index contributed by atoms with van der Waals surface area (Å²) in [5.41, 5.74) is 5.88. The molecule has 3 N–H and O–H groups in total. The number of rotatable bonds is 5. The van der Waals surface area contributed by atoms with Crippen molar-refractivity contribution in [1.82, 2.24) is 0 Å². The third kappa shape index (κ3) is 3.91. The van der Waals surface area contributed by atoms with Crippen molar-refractivity contribution < 1.29 is 4.79 Å². The van der Waals surface area contributed by atoms with Gasteiger partial charge in [0.25, 0.3) is 0 Å². The minimum Gasteiger partial charge on any atom is -0.370 e. The smallest absolute Gasteiger partial charge is 0.243 e. The molecular weight excluding hydrogens is 284 g/mol. The molecule has 2 atom stereocenters. The maximum Gasteiger partial charge on any atom is 0.243 e. The zero-order valence-electron chi connectivity index (χ0n) is 12.7. The van der Waals surface area contributed by atoms with Gasteiger partial charge >= 0.3 is 0 Å². The molecule has 0 heterocycles. The van der Waals surface area contributed by atoms with Gasteiger partial charge in [-0.2, -0.15) is 0 Å². The van der Waals surface area contributed by atoms with E-state index in [-0.39, 0.29) is 5.91 Å². The second-order valence-corrected chi connectivity index (χ2v) is 6.54. The second-order valence-electron chi connectivity index (χ2n) is 6.14. The lowest BCUT2D eigenvalue weighted by molar-refractivity contribution is -0.122. The number of para-hydroxylation sites is 1. The number of benzene rings is 1. The molecule has 0 aromatic heterocycles. The van der Waals surface area contributed by atoms with E-state index in [0.29, 0.717) is 10.9 Å². The van der Waals surface area contributed by atoms with E-state index in [0.717, 1.165) is 31.4 Å². The van der Waals surface area contributed by atoms with Gasteiger partial charge in [0.2, 0.25) is 5.91 Å². The summed E-state index contributed by atoms with van der Waals surface area (Å²) in [6.07, 6.45) is 7.28. The molecule has 1 aromatic rings. The average molecular weight is 309 g/mol. The highest BCUT2D eigenvalue weighted by atomic mass is 35.5. The molecule has 2 unspecified atom stereocenters. The van der Waals surface area contributed by atoms with Crippen LogP contribution in [0.2, 0.25) is 5.02 Å². The van der Waals surface area contributed by atoms with Crippen molar-refractivity contribution >= 4 is 23.2 Å². The van der Waals surface area contributed by atoms with E-state index in [9.17, 15) is 4.79 Å². The third-order valence-corrected chi connectivity index (χ3v) is 4.94. The topological polar surface area (TPSA) is 55.1 Å². The highest BCUT2D eigenvalue weighted by molar-refractivity contribution is 6.33. The Labute approximate surface area is 132 Å². The lowest BCUT2D eigenvalue weighted by atomic mass is 9.88. The first kappa shape index (κ1) is 16.2. The number of nitrogens with two attached hydrogens (primary N) is 1. The highest BCUT2D eigenvalue weighted by Crippen LogP contribution is 2.36. The van der Waals surface area contributed by atoms with Crippen molar-refractivity contribution in [2.75, 3.05) is 5.32 Å². The predicted molar refractivity (Wildman–Crippen MR) is 88.5 cm³/mol. The van der Waals surface area contributed by atoms with Crippen LogP contribution < -0.4 is 11.1 Å². The summed E-state index contributed by atoms with van der Waals surface area (Å²) in [5, 5.41) is 3.99. The number of primary amides is 1. The molecule has 1 aromatic carbocycles. The second kappa shape index (κ2) is 7.17. The first-order valence-electron chi connectivity index (χ1n) is 7.90. The van der Waals surface area contributed by atoms with Crippen LogP contribution in [0.5, 0.6) is 0 Å². The van der Waals surface area contributed by atoms with Crippen molar-refractivity contribution in [1.29, 1.82) is 0 Å². The van der Waals surface area contributed by atoms with E-state index < -0.39 is 5.54 Å². The first-order chi connectivity index (χ1) is 10.1. The number of carbonyl (C=O) groups is 1. The highest BCUT2D eigenvalue weighted by Gasteiger charge is 2.38. The van der Waals surface area contributed by atoms with Gasteiger partial charge in [0.05, 0.1) is 10.7 Å². The number of amides is 1. The molecular formula is C17H25ClN2O. The van der Waals surface area contributed by atoms with E-state index in [4.69, 9.17) is 17.3 Å². The van der Waals surface area contributed by atoms with Crippen LogP contribution >= 0.6 is 11.6 Å². The summed E-state index contributed by atoms with van der Waals surface area (Å²) < 4.78 is 0. The third-order valence-electron chi connectivity index (χ3n) is 4.61. The number of hydrogen-bond donors (Lipinski definition) is 2. The predicted octanol–water partition coefficient (Wildman–Crippen LogP) is 4.36. The molecule has 1 saturated carbocycles. The average Bonchev–Trinajstić information content (AvgIpc) is 2.66. The summed E-state index contributed by atoms with van der Waals surface area (Å²) in [6.45, 7) is 2.22. The summed E-state index contributed by atoms with van der Waals surface area (Å²) in [5.74, 6) is 0.448. The molecule has 1 fully saturated rings. The van der Waals surface area contributed by atoms with Gasteiger partial charge in [-0.15, -0.1) is 0 Å². The number of hydrogen-bond acceptors (Lipinski definition) is 2. The Bertz CT molecular complexity index is 491. The summed E-state index contributed by atoms with van der Waals surface area (Å²) >= 11 is 6.21. The Morgan fingerprint density at radius 2 is 2.14 bits per heavy atom. The maximum absolute atomic E-state index is 12.1. The molecule has 0 saturated heterocycles. The van der Waals surface area contributed by atoms with Gasteiger partial charge in [0.15, 0.2) is 0 Å². The number of nitrogens with one attached hydrogen (secondary N) is 1. The van der Waals surface area contributed by atoms with Crippen molar-refractivity contribution in [2.24, 2.45) is 11.7 Å². The Morgan fingerprint density at radius 1 is 1.38 bits per heavy atom. The minimum absolute atomic E-state index is 0.264. The quantitative estimate of drug-likeness (QED) is 0.794. The molecule has 0 radical (unpaired) electrons. The molecule has 4 heteroatoms. The minimum atomic E-state index is -0.659. The van der Waals surface area contributed by atoms with Crippen LogP contribution in [0.3, 0.4) is 0 Å². The van der Waals surface area contributed by atoms with Crippen molar-refractivity contribution in [2.45, 2.75) is 57.4 Å². The van der Waals surface area contributed by atoms with Crippen LogP contribution in [0.15, 0.2) is 24.3 Å². The molecule has 1 amide bonds. The molecule has 116 valence electrons. The fourth-order valence-electron chi connectivity index (χ4n) is 3.36. The van der Waals surface area contributed by atoms with Gasteiger partial charge in [-0.25, -0.2) is 0 Å². The summed E-state index contributed by atoms with van der Waals surface area (Å²) in [7, 11) is 0. The normalized spacial score (nSPS) is 26.1. The molecule has 1 aliphatic rings. The molecule has 0 aliphatic heterocycles. The lowest BCUT2D eigenvalue weighted by Crippen LogP contribution is -2.50. The van der Waals surface area contributed by atoms with Crippen LogP contribution in [-0.4, -0.2) is 11.4 Å². The number of anilines is 1. The molecule has 3 nitrogen and oxygen atoms in total. The van der Waals surface area contributed by atoms with E-state index in [1.807, 2.05) is 24.3 Å². The van der Waals surface area contributed by atoms with Crippen LogP contribution in [0.1, 0.15) is 51.9 Å². The van der Waals surface area contributed by atoms with Crippen LogP contribution in [0.4, 0.5) is 5.69 Å². The van der Waals surface area contributed by atoms with Crippen molar-refractivity contribution in [3.63, 3.8) is 0 Å². The Hall–Kier alpha value is -1.22. The van der Waals surface area contributed by atoms with Crippen molar-refractivity contribution in [3.05, 3.63) is 29.3 Å². The van der Waals surface area contributed by atoms with Gasteiger partial charge in [0.1, 0.15) is 5.54 Å². The number of carbonyl (C=O) groups excluding carboxylic acids is 1. The van der Waals surface area contributed by atoms with E-state index in [2.05, 4.69) is 12.2 Å². The molecule has 1 aliphatic carbocycles. The Kier molecular flexibility index (Phi) is 5.51. The fourth-order valence-corrected chi connectivity index (χ4v) is 3.55. The van der Waals surface area contributed by atoms with E-state index >= 15 is 0 Å². The van der Waals surface area contributed by atoms with Gasteiger partial charge in [-0.1, -0.05) is 56.3 Å². The van der Waals surface area contributed by atoms with E-state index in [1.54, 1.807) is 0 Å². The lowest BCUT2D eigenvalue weighted by Gasteiger charge is -2.32. The van der Waals surface area contributed by atoms with E-state index in [1.165, 1.54) is 19.3 Å². The van der Waals surface area contributed by atoms with Gasteiger partial charge in [-0.3, -0.25) is 4.79 Å². The standard InChI is InChI=1S/C17H25ClN2O/c1-2-6-13-7-5-11-17(12-10-13,16(19)21)20-15-9-4-3-8-14(15)18/h3-4,8-9,13,20H,2,5-7,10-12H2,1H3,(H2,19,21). The molecule has 0 spiro atoms. The van der Waals surface area contributed by atoms with Gasteiger partial charge in [-0.05, 0) is 37.3 Å². The molecule has 0 bridgehead atoms. The monoisotopic (exact) mass is 308 g/mol. The zero-order chi connectivity index (χ0) is 15.3. The first-order valence-corrected chi connectivity index (χ1v) is 8.28. The largest absolute Gasteiger partial charge is 0.370 e. The SMILES string of the molecule is CCCC1CCCC(Nc2ccccc2Cl)(C(N)=O)CC1. The van der Waals surface area contributed by atoms with Gasteiger partial charge in [0, 0.05) is 0 Å². The maximum atomic E-state index is 12.1. The van der Waals surface area contributed by atoms with Crippen LogP contribution in [0.25, 0.3) is 0 Å². The zero-order valence-corrected chi connectivity index (χ0v) is 13.5. The van der Waals surface area contributed by atoms with Crippen molar-refractivity contribution in [3.8, 4) is 0 Å². The molecule has 2 rings (SSSR count). The van der Waals surface area contributed by atoms with Crippen LogP contribution in [-0.2, 0) is 4.79 Å². The van der Waals surface area contributed by atoms with Crippen LogP contribution in [0, 0.1) is 5.92 Å². The summed E-state index contributed by atoms with van der Waals surface area (Å²) in [4.78, 5) is 12.1.